The van der Waals surface area contributed by atoms with Crippen LogP contribution in [0.25, 0.3) is 0 Å². The van der Waals surface area contributed by atoms with E-state index in [1.54, 1.807) is 0 Å². The quantitative estimate of drug-likeness (QED) is 0.569. The van der Waals surface area contributed by atoms with Crippen molar-refractivity contribution in [2.24, 2.45) is 0 Å². The number of hydrogen-bond donors (Lipinski definition) is 1. The van der Waals surface area contributed by atoms with Gasteiger partial charge in [0.15, 0.2) is 0 Å². The Hall–Kier alpha value is -2.11. The lowest BCUT2D eigenvalue weighted by Crippen LogP contribution is -2.50. The highest BCUT2D eigenvalue weighted by Crippen LogP contribution is 2.24. The van der Waals surface area contributed by atoms with Gasteiger partial charge in [-0.3, -0.25) is 0 Å². The zero-order chi connectivity index (χ0) is 21.5. The first-order chi connectivity index (χ1) is 14.5. The van der Waals surface area contributed by atoms with Crippen molar-refractivity contribution < 1.29 is 9.18 Å². The molecule has 1 atom stereocenters. The molecule has 162 valence electrons. The van der Waals surface area contributed by atoms with E-state index in [9.17, 15) is 9.18 Å². The highest BCUT2D eigenvalue weighted by Gasteiger charge is 2.29. The summed E-state index contributed by atoms with van der Waals surface area (Å²) in [6.07, 6.45) is 4.27. The fraction of sp³-hybridized carbons (Fsp3) is 0.458. The molecular formula is C24H31ClFN3O. The van der Waals surface area contributed by atoms with Gasteiger partial charge in [0.1, 0.15) is 5.82 Å². The molecule has 1 heterocycles. The second-order valence-corrected chi connectivity index (χ2v) is 8.48. The number of nitrogens with one attached hydrogen (secondary N) is 1. The van der Waals surface area contributed by atoms with E-state index in [2.05, 4.69) is 24.1 Å². The standard InChI is InChI=1S/C24H31ClFN3O/c1-3-7-18(2)28-14-12-21(13-15-28)29(17-19-8-5-4-6-9-19)24(30)27-20-10-11-23(26)22(25)16-20/h4-6,8-11,16,18,21H,3,7,12-15,17H2,1-2H3,(H,27,30). The Morgan fingerprint density at radius 1 is 1.23 bits per heavy atom. The Balaban J connectivity index is 1.72. The lowest BCUT2D eigenvalue weighted by molar-refractivity contribution is 0.0989. The van der Waals surface area contributed by atoms with E-state index in [0.29, 0.717) is 18.3 Å². The lowest BCUT2D eigenvalue weighted by atomic mass is 10.00. The first-order valence-corrected chi connectivity index (χ1v) is 11.2. The van der Waals surface area contributed by atoms with Crippen LogP contribution in [0.3, 0.4) is 0 Å². The molecule has 1 aliphatic heterocycles. The molecule has 1 saturated heterocycles. The molecule has 6 heteroatoms. The third kappa shape index (κ3) is 5.96. The van der Waals surface area contributed by atoms with Gasteiger partial charge < -0.3 is 15.1 Å². The predicted molar refractivity (Wildman–Crippen MR) is 121 cm³/mol. The van der Waals surface area contributed by atoms with Gasteiger partial charge in [-0.1, -0.05) is 55.3 Å². The van der Waals surface area contributed by atoms with Crippen molar-refractivity contribution in [3.8, 4) is 0 Å². The molecule has 1 N–H and O–H groups in total. The molecule has 2 aromatic carbocycles. The number of hydrogen-bond acceptors (Lipinski definition) is 2. The predicted octanol–water partition coefficient (Wildman–Crippen LogP) is 6.17. The molecule has 0 radical (unpaired) electrons. The summed E-state index contributed by atoms with van der Waals surface area (Å²) in [4.78, 5) is 17.6. The number of urea groups is 1. The maximum absolute atomic E-state index is 13.5. The molecule has 0 bridgehead atoms. The summed E-state index contributed by atoms with van der Waals surface area (Å²) in [5, 5.41) is 2.90. The van der Waals surface area contributed by atoms with Crippen molar-refractivity contribution in [3.05, 3.63) is 64.9 Å². The summed E-state index contributed by atoms with van der Waals surface area (Å²) < 4.78 is 13.5. The second-order valence-electron chi connectivity index (χ2n) is 8.08. The molecule has 0 spiro atoms. The van der Waals surface area contributed by atoms with Crippen LogP contribution in [0.2, 0.25) is 5.02 Å². The van der Waals surface area contributed by atoms with E-state index in [4.69, 9.17) is 11.6 Å². The Labute approximate surface area is 184 Å². The molecule has 2 aromatic rings. The minimum absolute atomic E-state index is 0.000583. The Morgan fingerprint density at radius 3 is 2.57 bits per heavy atom. The molecule has 30 heavy (non-hydrogen) atoms. The van der Waals surface area contributed by atoms with Gasteiger partial charge in [0, 0.05) is 37.4 Å². The second kappa shape index (κ2) is 10.8. The van der Waals surface area contributed by atoms with Gasteiger partial charge in [0.05, 0.1) is 5.02 Å². The zero-order valence-electron chi connectivity index (χ0n) is 17.8. The number of carbonyl (C=O) groups is 1. The van der Waals surface area contributed by atoms with Crippen molar-refractivity contribution in [1.82, 2.24) is 9.80 Å². The van der Waals surface area contributed by atoms with Crippen LogP contribution in [0.4, 0.5) is 14.9 Å². The van der Waals surface area contributed by atoms with Crippen LogP contribution in [-0.4, -0.2) is 41.0 Å². The first kappa shape index (κ1) is 22.6. The van der Waals surface area contributed by atoms with Crippen molar-refractivity contribution in [2.75, 3.05) is 18.4 Å². The van der Waals surface area contributed by atoms with Gasteiger partial charge in [-0.25, -0.2) is 9.18 Å². The average molecular weight is 432 g/mol. The maximum atomic E-state index is 13.5. The summed E-state index contributed by atoms with van der Waals surface area (Å²) in [5.74, 6) is -0.496. The monoisotopic (exact) mass is 431 g/mol. The van der Waals surface area contributed by atoms with Crippen LogP contribution >= 0.6 is 11.6 Å². The smallest absolute Gasteiger partial charge is 0.317 e. The number of amides is 2. The summed E-state index contributed by atoms with van der Waals surface area (Å²) in [6.45, 7) is 7.03. The third-order valence-corrected chi connectivity index (χ3v) is 6.19. The van der Waals surface area contributed by atoms with Crippen LogP contribution in [0, 0.1) is 5.82 Å². The molecule has 1 unspecified atom stereocenters. The highest BCUT2D eigenvalue weighted by molar-refractivity contribution is 6.31. The number of likely N-dealkylation sites (tertiary alicyclic amines) is 1. The molecule has 3 rings (SSSR count). The third-order valence-electron chi connectivity index (χ3n) is 5.90. The van der Waals surface area contributed by atoms with Crippen molar-refractivity contribution in [1.29, 1.82) is 0 Å². The van der Waals surface area contributed by atoms with Crippen LogP contribution in [0.15, 0.2) is 48.5 Å². The van der Waals surface area contributed by atoms with Gasteiger partial charge in [-0.05, 0) is 49.9 Å². The van der Waals surface area contributed by atoms with Crippen LogP contribution < -0.4 is 5.32 Å². The minimum atomic E-state index is -0.496. The van der Waals surface area contributed by atoms with Gasteiger partial charge in [0.25, 0.3) is 0 Å². The van der Waals surface area contributed by atoms with E-state index in [-0.39, 0.29) is 17.1 Å². The Kier molecular flexibility index (Phi) is 8.11. The molecule has 0 aliphatic carbocycles. The van der Waals surface area contributed by atoms with Crippen molar-refractivity contribution in [2.45, 2.75) is 58.2 Å². The number of halogens is 2. The summed E-state index contributed by atoms with van der Waals surface area (Å²) in [7, 11) is 0. The molecule has 2 amide bonds. The molecule has 0 saturated carbocycles. The normalized spacial score (nSPS) is 16.3. The van der Waals surface area contributed by atoms with Crippen LogP contribution in [0.1, 0.15) is 45.1 Å². The number of anilines is 1. The Bertz CT molecular complexity index is 824. The van der Waals surface area contributed by atoms with Gasteiger partial charge in [-0.2, -0.15) is 0 Å². The van der Waals surface area contributed by atoms with Crippen molar-refractivity contribution in [3.63, 3.8) is 0 Å². The van der Waals surface area contributed by atoms with Gasteiger partial charge in [0.2, 0.25) is 0 Å². The number of benzene rings is 2. The Morgan fingerprint density at radius 2 is 1.93 bits per heavy atom. The topological polar surface area (TPSA) is 35.6 Å². The number of carbonyl (C=O) groups excluding carboxylic acids is 1. The molecule has 1 fully saturated rings. The van der Waals surface area contributed by atoms with Crippen molar-refractivity contribution >= 4 is 23.3 Å². The van der Waals surface area contributed by atoms with E-state index >= 15 is 0 Å². The van der Waals surface area contributed by atoms with E-state index in [0.717, 1.165) is 31.5 Å². The fourth-order valence-electron chi connectivity index (χ4n) is 4.15. The molecular weight excluding hydrogens is 401 g/mol. The first-order valence-electron chi connectivity index (χ1n) is 10.8. The largest absolute Gasteiger partial charge is 0.322 e. The lowest BCUT2D eigenvalue weighted by Gasteiger charge is -2.40. The zero-order valence-corrected chi connectivity index (χ0v) is 18.5. The average Bonchev–Trinajstić information content (AvgIpc) is 2.75. The number of piperidine rings is 1. The van der Waals surface area contributed by atoms with E-state index < -0.39 is 5.82 Å². The van der Waals surface area contributed by atoms with Crippen LogP contribution in [0.5, 0.6) is 0 Å². The number of nitrogens with zero attached hydrogens (tertiary/aromatic N) is 2. The van der Waals surface area contributed by atoms with Crippen LogP contribution in [-0.2, 0) is 6.54 Å². The SMILES string of the molecule is CCCC(C)N1CCC(N(Cc2ccccc2)C(=O)Nc2ccc(F)c(Cl)c2)CC1. The minimum Gasteiger partial charge on any atom is -0.317 e. The maximum Gasteiger partial charge on any atom is 0.322 e. The molecule has 0 aromatic heterocycles. The van der Waals surface area contributed by atoms with E-state index in [1.165, 1.54) is 31.0 Å². The van der Waals surface area contributed by atoms with Gasteiger partial charge in [-0.15, -0.1) is 0 Å². The fourth-order valence-corrected chi connectivity index (χ4v) is 4.34. The highest BCUT2D eigenvalue weighted by atomic mass is 35.5. The molecule has 1 aliphatic rings. The summed E-state index contributed by atoms with van der Waals surface area (Å²) >= 11 is 5.88. The van der Waals surface area contributed by atoms with E-state index in [1.807, 2.05) is 35.2 Å². The summed E-state index contributed by atoms with van der Waals surface area (Å²) in [5.41, 5.74) is 1.59. The molecule has 4 nitrogen and oxygen atoms in total. The summed E-state index contributed by atoms with van der Waals surface area (Å²) in [6, 6.07) is 14.8. The van der Waals surface area contributed by atoms with Gasteiger partial charge >= 0.3 is 6.03 Å². The number of rotatable bonds is 7.